The Morgan fingerprint density at radius 1 is 1.05 bits per heavy atom. The Morgan fingerprint density at radius 2 is 1.75 bits per heavy atom. The lowest BCUT2D eigenvalue weighted by atomic mass is 10.1. The summed E-state index contributed by atoms with van der Waals surface area (Å²) in [6.45, 7) is 0.190. The number of rotatable bonds is 2. The van der Waals surface area contributed by atoms with Gasteiger partial charge in [-0.15, -0.1) is 0 Å². The highest BCUT2D eigenvalue weighted by molar-refractivity contribution is 14.1. The standard InChI is InChI=1S/C15H9FINO2/c16-12-3-1-2-11-13(12)18(15(20)14(11)19)8-9-4-6-10(17)7-5-9/h1-7H,8H2. The molecule has 20 heavy (non-hydrogen) atoms. The summed E-state index contributed by atoms with van der Waals surface area (Å²) < 4.78 is 15.0. The third-order valence-electron chi connectivity index (χ3n) is 3.19. The van der Waals surface area contributed by atoms with E-state index in [1.54, 1.807) is 0 Å². The normalized spacial score (nSPS) is 13.8. The Kier molecular flexibility index (Phi) is 3.29. The molecule has 0 bridgehead atoms. The van der Waals surface area contributed by atoms with Gasteiger partial charge in [0.1, 0.15) is 5.82 Å². The lowest BCUT2D eigenvalue weighted by Gasteiger charge is -2.17. The molecule has 0 spiro atoms. The van der Waals surface area contributed by atoms with E-state index in [-0.39, 0.29) is 17.8 Å². The Balaban J connectivity index is 2.01. The average molecular weight is 381 g/mol. The summed E-state index contributed by atoms with van der Waals surface area (Å²) in [4.78, 5) is 25.0. The van der Waals surface area contributed by atoms with Gasteiger partial charge in [-0.25, -0.2) is 4.39 Å². The number of ketones is 1. The van der Waals surface area contributed by atoms with Gasteiger partial charge in [-0.05, 0) is 52.4 Å². The lowest BCUT2D eigenvalue weighted by molar-refractivity contribution is -0.114. The predicted molar refractivity (Wildman–Crippen MR) is 81.1 cm³/mol. The number of amides is 1. The third kappa shape index (κ3) is 2.11. The van der Waals surface area contributed by atoms with Crippen molar-refractivity contribution in [1.82, 2.24) is 0 Å². The number of benzene rings is 2. The van der Waals surface area contributed by atoms with Crippen molar-refractivity contribution in [2.75, 3.05) is 4.90 Å². The fraction of sp³-hybridized carbons (Fsp3) is 0.0667. The first kappa shape index (κ1) is 13.2. The summed E-state index contributed by atoms with van der Waals surface area (Å²) >= 11 is 2.18. The molecule has 3 rings (SSSR count). The Morgan fingerprint density at radius 3 is 2.45 bits per heavy atom. The number of carbonyl (C=O) groups is 2. The van der Waals surface area contributed by atoms with Gasteiger partial charge in [0.2, 0.25) is 0 Å². The van der Waals surface area contributed by atoms with Crippen molar-refractivity contribution in [1.29, 1.82) is 0 Å². The van der Waals surface area contributed by atoms with Gasteiger partial charge in [0.05, 0.1) is 17.8 Å². The fourth-order valence-corrected chi connectivity index (χ4v) is 2.60. The maximum Gasteiger partial charge on any atom is 0.299 e. The molecule has 100 valence electrons. The second kappa shape index (κ2) is 4.97. The quantitative estimate of drug-likeness (QED) is 0.592. The molecule has 1 aliphatic rings. The summed E-state index contributed by atoms with van der Waals surface area (Å²) in [5.41, 5.74) is 1.07. The van der Waals surface area contributed by atoms with Gasteiger partial charge in [0.15, 0.2) is 0 Å². The van der Waals surface area contributed by atoms with Crippen molar-refractivity contribution >= 4 is 40.0 Å². The molecular weight excluding hydrogens is 372 g/mol. The van der Waals surface area contributed by atoms with E-state index in [4.69, 9.17) is 0 Å². The van der Waals surface area contributed by atoms with Crippen LogP contribution in [0.15, 0.2) is 42.5 Å². The largest absolute Gasteiger partial charge is 0.299 e. The first-order valence-electron chi connectivity index (χ1n) is 5.97. The number of fused-ring (bicyclic) bond motifs is 1. The number of anilines is 1. The summed E-state index contributed by atoms with van der Waals surface area (Å²) in [7, 11) is 0. The van der Waals surface area contributed by atoms with Crippen LogP contribution in [0, 0.1) is 9.39 Å². The van der Waals surface area contributed by atoms with Gasteiger partial charge in [-0.1, -0.05) is 18.2 Å². The average Bonchev–Trinajstić information content (AvgIpc) is 2.68. The van der Waals surface area contributed by atoms with Gasteiger partial charge < -0.3 is 0 Å². The number of halogens is 2. The molecule has 1 aliphatic heterocycles. The highest BCUT2D eigenvalue weighted by atomic mass is 127. The minimum atomic E-state index is -0.677. The molecule has 0 aromatic heterocycles. The van der Waals surface area contributed by atoms with Gasteiger partial charge in [0.25, 0.3) is 11.7 Å². The number of hydrogen-bond donors (Lipinski definition) is 0. The van der Waals surface area contributed by atoms with E-state index in [1.165, 1.54) is 23.1 Å². The Bertz CT molecular complexity index is 712. The zero-order valence-electron chi connectivity index (χ0n) is 10.3. The van der Waals surface area contributed by atoms with Crippen LogP contribution in [0.1, 0.15) is 15.9 Å². The molecular formula is C15H9FINO2. The molecule has 0 atom stereocenters. The maximum atomic E-state index is 13.9. The van der Waals surface area contributed by atoms with Crippen LogP contribution in [-0.4, -0.2) is 11.7 Å². The van der Waals surface area contributed by atoms with Crippen molar-refractivity contribution in [2.24, 2.45) is 0 Å². The molecule has 0 saturated heterocycles. The van der Waals surface area contributed by atoms with Crippen LogP contribution >= 0.6 is 22.6 Å². The van der Waals surface area contributed by atoms with Crippen molar-refractivity contribution < 1.29 is 14.0 Å². The third-order valence-corrected chi connectivity index (χ3v) is 3.91. The molecule has 1 amide bonds. The Labute approximate surface area is 128 Å². The van der Waals surface area contributed by atoms with E-state index in [0.29, 0.717) is 0 Å². The van der Waals surface area contributed by atoms with Crippen LogP contribution < -0.4 is 4.90 Å². The topological polar surface area (TPSA) is 37.4 Å². The van der Waals surface area contributed by atoms with Crippen molar-refractivity contribution in [3.8, 4) is 0 Å². The van der Waals surface area contributed by atoms with Crippen LogP contribution in [-0.2, 0) is 11.3 Å². The Hall–Kier alpha value is -1.76. The number of para-hydroxylation sites is 1. The van der Waals surface area contributed by atoms with E-state index in [2.05, 4.69) is 22.6 Å². The second-order valence-corrected chi connectivity index (χ2v) is 5.73. The molecule has 1 heterocycles. The predicted octanol–water partition coefficient (Wildman–Crippen LogP) is 3.16. The van der Waals surface area contributed by atoms with Crippen LogP contribution in [0.25, 0.3) is 0 Å². The zero-order chi connectivity index (χ0) is 14.3. The minimum absolute atomic E-state index is 0.0843. The van der Waals surface area contributed by atoms with Gasteiger partial charge in [-0.2, -0.15) is 0 Å². The summed E-state index contributed by atoms with van der Waals surface area (Å²) in [6.07, 6.45) is 0. The van der Waals surface area contributed by atoms with Crippen LogP contribution in [0.2, 0.25) is 0 Å². The monoisotopic (exact) mass is 381 g/mol. The van der Waals surface area contributed by atoms with Gasteiger partial charge in [-0.3, -0.25) is 14.5 Å². The lowest BCUT2D eigenvalue weighted by Crippen LogP contribution is -2.29. The molecule has 0 unspecified atom stereocenters. The number of nitrogens with zero attached hydrogens (tertiary/aromatic N) is 1. The van der Waals surface area contributed by atoms with Crippen molar-refractivity contribution in [3.05, 3.63) is 63.0 Å². The van der Waals surface area contributed by atoms with E-state index in [9.17, 15) is 14.0 Å². The van der Waals surface area contributed by atoms with E-state index >= 15 is 0 Å². The molecule has 0 N–H and O–H groups in total. The summed E-state index contributed by atoms with van der Waals surface area (Å²) in [5.74, 6) is -1.87. The second-order valence-electron chi connectivity index (χ2n) is 4.48. The van der Waals surface area contributed by atoms with Crippen LogP contribution in [0.4, 0.5) is 10.1 Å². The fourth-order valence-electron chi connectivity index (χ4n) is 2.24. The van der Waals surface area contributed by atoms with Crippen molar-refractivity contribution in [3.63, 3.8) is 0 Å². The number of carbonyl (C=O) groups excluding carboxylic acids is 2. The highest BCUT2D eigenvalue weighted by Crippen LogP contribution is 2.32. The number of hydrogen-bond acceptors (Lipinski definition) is 2. The molecule has 0 saturated carbocycles. The highest BCUT2D eigenvalue weighted by Gasteiger charge is 2.37. The van der Waals surface area contributed by atoms with E-state index < -0.39 is 17.5 Å². The molecule has 2 aromatic carbocycles. The van der Waals surface area contributed by atoms with E-state index in [1.807, 2.05) is 24.3 Å². The van der Waals surface area contributed by atoms with Gasteiger partial charge in [0, 0.05) is 3.57 Å². The molecule has 5 heteroatoms. The first-order chi connectivity index (χ1) is 9.58. The minimum Gasteiger partial charge on any atom is -0.298 e. The SMILES string of the molecule is O=C1C(=O)N(Cc2ccc(I)cc2)c2c(F)cccc21. The summed E-state index contributed by atoms with van der Waals surface area (Å²) in [5, 5.41) is 0. The summed E-state index contributed by atoms with van der Waals surface area (Å²) in [6, 6.07) is 11.7. The number of Topliss-reactive ketones (excluding diaryl/α,β-unsaturated/α-hetero) is 1. The van der Waals surface area contributed by atoms with Crippen LogP contribution in [0.3, 0.4) is 0 Å². The molecule has 0 fully saturated rings. The zero-order valence-corrected chi connectivity index (χ0v) is 12.4. The molecule has 3 nitrogen and oxygen atoms in total. The van der Waals surface area contributed by atoms with Crippen LogP contribution in [0.5, 0.6) is 0 Å². The maximum absolute atomic E-state index is 13.9. The smallest absolute Gasteiger partial charge is 0.298 e. The van der Waals surface area contributed by atoms with E-state index in [0.717, 1.165) is 9.13 Å². The molecule has 2 aromatic rings. The molecule has 0 radical (unpaired) electrons. The first-order valence-corrected chi connectivity index (χ1v) is 7.05. The van der Waals surface area contributed by atoms with Gasteiger partial charge >= 0.3 is 0 Å². The molecule has 0 aliphatic carbocycles. The van der Waals surface area contributed by atoms with Crippen molar-refractivity contribution in [2.45, 2.75) is 6.54 Å².